The number of anilines is 1. The third-order valence-electron chi connectivity index (χ3n) is 7.16. The fourth-order valence-corrected chi connectivity index (χ4v) is 6.98. The van der Waals surface area contributed by atoms with Gasteiger partial charge in [-0.05, 0) is 18.9 Å². The summed E-state index contributed by atoms with van der Waals surface area (Å²) in [5.74, 6) is 0.627. The Morgan fingerprint density at radius 1 is 1.22 bits per heavy atom. The van der Waals surface area contributed by atoms with Crippen molar-refractivity contribution in [2.45, 2.75) is 53.0 Å². The molecule has 1 aliphatic rings. The first-order valence-electron chi connectivity index (χ1n) is 14.9. The van der Waals surface area contributed by atoms with Gasteiger partial charge in [0.15, 0.2) is 16.3 Å². The van der Waals surface area contributed by atoms with Crippen LogP contribution >= 0.6 is 19.5 Å². The number of hydrogen-bond acceptors (Lipinski definition) is 13. The minimum absolute atomic E-state index is 0.00778. The van der Waals surface area contributed by atoms with E-state index in [2.05, 4.69) is 30.1 Å². The van der Waals surface area contributed by atoms with Crippen LogP contribution in [0.4, 0.5) is 10.7 Å². The normalized spacial score (nSPS) is 19.5. The minimum atomic E-state index is -3.83. The van der Waals surface area contributed by atoms with Crippen LogP contribution < -0.4 is 20.9 Å². The molecule has 1 saturated heterocycles. The van der Waals surface area contributed by atoms with E-state index in [4.69, 9.17) is 24.3 Å². The molecule has 17 heteroatoms. The summed E-state index contributed by atoms with van der Waals surface area (Å²) < 4.78 is 43.8. The number of amides is 1. The number of nitrogens with two attached hydrogens (primary N) is 1. The van der Waals surface area contributed by atoms with E-state index in [1.54, 1.807) is 24.7 Å². The van der Waals surface area contributed by atoms with E-state index >= 15 is 0 Å². The molecule has 0 saturated carbocycles. The number of nitrogens with zero attached hydrogens (tertiary/aromatic N) is 4. The topological polar surface area (TPSA) is 191 Å². The first kappa shape index (κ1) is 35.6. The molecule has 0 radical (unpaired) electrons. The summed E-state index contributed by atoms with van der Waals surface area (Å²) in [5.41, 5.74) is 6.95. The number of rotatable bonds is 16. The molecule has 4 atom stereocenters. The van der Waals surface area contributed by atoms with Crippen LogP contribution in [0.1, 0.15) is 45.9 Å². The number of imidazole rings is 1. The van der Waals surface area contributed by atoms with E-state index in [0.717, 1.165) is 17.3 Å². The van der Waals surface area contributed by atoms with Gasteiger partial charge >= 0.3 is 13.8 Å². The van der Waals surface area contributed by atoms with Gasteiger partial charge in [0.05, 0.1) is 44.8 Å². The van der Waals surface area contributed by atoms with Gasteiger partial charge in [0.25, 0.3) is 0 Å². The maximum atomic E-state index is 13.9. The van der Waals surface area contributed by atoms with Gasteiger partial charge < -0.3 is 25.3 Å². The van der Waals surface area contributed by atoms with Gasteiger partial charge in [0, 0.05) is 24.8 Å². The number of carbonyl (C=O) groups is 2. The van der Waals surface area contributed by atoms with Crippen molar-refractivity contribution in [3.63, 3.8) is 0 Å². The second-order valence-corrected chi connectivity index (χ2v) is 14.2. The number of thioether (sulfide) groups is 1. The molecule has 1 unspecified atom stereocenters. The molecule has 4 rings (SSSR count). The van der Waals surface area contributed by atoms with Gasteiger partial charge in [-0.1, -0.05) is 62.9 Å². The lowest BCUT2D eigenvalue weighted by Gasteiger charge is -2.23. The number of nitrogens with one attached hydrogen (secondary N) is 2. The maximum absolute atomic E-state index is 13.9. The summed E-state index contributed by atoms with van der Waals surface area (Å²) >= 11 is 1.02. The Morgan fingerprint density at radius 3 is 2.70 bits per heavy atom. The van der Waals surface area contributed by atoms with Crippen LogP contribution in [0.2, 0.25) is 0 Å². The van der Waals surface area contributed by atoms with Gasteiger partial charge in [-0.15, -0.1) is 0 Å². The van der Waals surface area contributed by atoms with Gasteiger partial charge in [0.1, 0.15) is 6.23 Å². The lowest BCUT2D eigenvalue weighted by molar-refractivity contribution is -0.117. The molecule has 46 heavy (non-hydrogen) atoms. The molecule has 1 aliphatic heterocycles. The molecule has 252 valence electrons. The number of carbonyl (C=O) groups excluding carboxylic acids is 2. The highest BCUT2D eigenvalue weighted by Crippen LogP contribution is 2.46. The molecule has 0 spiro atoms. The van der Waals surface area contributed by atoms with Crippen molar-refractivity contribution >= 4 is 47.8 Å². The Hall–Kier alpha value is -3.27. The molecule has 1 amide bonds. The second-order valence-electron chi connectivity index (χ2n) is 11.3. The second kappa shape index (κ2) is 16.0. The molecule has 0 bridgehead atoms. The Morgan fingerprint density at radius 2 is 1.98 bits per heavy atom. The van der Waals surface area contributed by atoms with Crippen LogP contribution in [0.25, 0.3) is 11.2 Å². The summed E-state index contributed by atoms with van der Waals surface area (Å²) in [6.45, 7) is 8.03. The van der Waals surface area contributed by atoms with Crippen molar-refractivity contribution in [2.75, 3.05) is 45.0 Å². The van der Waals surface area contributed by atoms with Crippen LogP contribution in [-0.4, -0.2) is 76.1 Å². The van der Waals surface area contributed by atoms with Crippen molar-refractivity contribution in [2.24, 2.45) is 11.3 Å². The van der Waals surface area contributed by atoms with Gasteiger partial charge in [0.2, 0.25) is 11.8 Å². The number of fused-ring (bicyclic) bond motifs is 1. The lowest BCUT2D eigenvalue weighted by atomic mass is 9.96. The predicted octanol–water partition coefficient (Wildman–Crippen LogP) is 4.30. The molecule has 3 aromatic rings. The molecule has 0 aliphatic carbocycles. The smallest absolute Gasteiger partial charge is 0.406 e. The quantitative estimate of drug-likeness (QED) is 0.143. The molecule has 1 aromatic carbocycles. The van der Waals surface area contributed by atoms with Crippen LogP contribution in [0, 0.1) is 11.3 Å². The molecule has 4 N–H and O–H groups in total. The fourth-order valence-electron chi connectivity index (χ4n) is 4.71. The highest BCUT2D eigenvalue weighted by atomic mass is 32.2. The Kier molecular flexibility index (Phi) is 12.4. The van der Waals surface area contributed by atoms with Gasteiger partial charge in [-0.25, -0.2) is 19.4 Å². The first-order chi connectivity index (χ1) is 21.9. The molecule has 2 aromatic heterocycles. The van der Waals surface area contributed by atoms with E-state index < -0.39 is 31.6 Å². The van der Waals surface area contributed by atoms with E-state index in [1.807, 2.05) is 44.2 Å². The predicted molar refractivity (Wildman–Crippen MR) is 173 cm³/mol. The van der Waals surface area contributed by atoms with E-state index in [1.165, 1.54) is 7.11 Å². The number of hydrogen-bond donors (Lipinski definition) is 3. The third-order valence-corrected chi connectivity index (χ3v) is 9.90. The van der Waals surface area contributed by atoms with Gasteiger partial charge in [-0.2, -0.15) is 9.97 Å². The van der Waals surface area contributed by atoms with E-state index in [0.29, 0.717) is 30.1 Å². The Labute approximate surface area is 272 Å². The summed E-state index contributed by atoms with van der Waals surface area (Å²) in [7, 11) is -2.57. The van der Waals surface area contributed by atoms with Crippen LogP contribution in [-0.2, 0) is 34.4 Å². The van der Waals surface area contributed by atoms with Crippen molar-refractivity contribution < 1.29 is 37.4 Å². The molecular formula is C29H42N7O8PS. The first-order valence-corrected chi connectivity index (χ1v) is 17.4. The molecule has 1 fully saturated rings. The van der Waals surface area contributed by atoms with Crippen molar-refractivity contribution in [3.05, 3.63) is 42.2 Å². The van der Waals surface area contributed by atoms with Gasteiger partial charge in [-0.3, -0.25) is 18.4 Å². The Balaban J connectivity index is 1.37. The number of alkyl carbamates (subject to hydrolysis) is 1. The van der Waals surface area contributed by atoms with Crippen molar-refractivity contribution in [3.8, 4) is 5.88 Å². The largest absolute Gasteiger partial charge is 0.476 e. The zero-order valence-electron chi connectivity index (χ0n) is 26.6. The number of ether oxygens (including phenoxy) is 3. The highest BCUT2D eigenvalue weighted by Gasteiger charge is 2.37. The van der Waals surface area contributed by atoms with E-state index in [9.17, 15) is 14.2 Å². The zero-order chi connectivity index (χ0) is 33.3. The Bertz CT molecular complexity index is 1530. The molecule has 15 nitrogen and oxygen atoms in total. The van der Waals surface area contributed by atoms with Crippen LogP contribution in [0.5, 0.6) is 5.88 Å². The number of aromatic nitrogens is 4. The lowest BCUT2D eigenvalue weighted by Crippen LogP contribution is -2.38. The minimum Gasteiger partial charge on any atom is -0.476 e. The van der Waals surface area contributed by atoms with Crippen molar-refractivity contribution in [1.29, 1.82) is 0 Å². The monoisotopic (exact) mass is 679 g/mol. The average Bonchev–Trinajstić information content (AvgIpc) is 3.63. The highest BCUT2D eigenvalue weighted by molar-refractivity contribution is 8.13. The van der Waals surface area contributed by atoms with Crippen LogP contribution in [0.15, 0.2) is 36.7 Å². The number of benzene rings is 1. The SMILES string of the molecule is CCOc1nc(N)nc2c1ncn2[C@@H]1O[C@H](COP(=O)(NCc2ccccc2)OCCSC(=O)C(C)(C)CNC(=O)OC)C[C@@H]1C. The standard InChI is InChI=1S/C29H42N7O8PS/c1-6-41-24-22-23(34-27(30)35-24)36(18-32-22)25-19(2)14-21(44-25)16-43-45(39,33-15-20-10-8-7-9-11-20)42-12-13-46-26(37)29(3,4)17-31-28(38)40-5/h7-11,18-19,21,25H,6,12-17H2,1-5H3,(H,31,38)(H,33,39)(H2,30,34,35)/t19-,21-,25+,45?/m0/s1. The maximum Gasteiger partial charge on any atom is 0.406 e. The van der Waals surface area contributed by atoms with Crippen molar-refractivity contribution in [1.82, 2.24) is 29.9 Å². The number of nitrogen functional groups attached to an aromatic ring is 1. The summed E-state index contributed by atoms with van der Waals surface area (Å²) in [6.07, 6.45) is 0.779. The summed E-state index contributed by atoms with van der Waals surface area (Å²) in [6, 6.07) is 9.44. The molecular weight excluding hydrogens is 637 g/mol. The van der Waals surface area contributed by atoms with Crippen LogP contribution in [0.3, 0.4) is 0 Å². The molecule has 3 heterocycles. The third kappa shape index (κ3) is 9.39. The summed E-state index contributed by atoms with van der Waals surface area (Å²) in [5, 5.41) is 5.31. The zero-order valence-corrected chi connectivity index (χ0v) is 28.3. The van der Waals surface area contributed by atoms with E-state index in [-0.39, 0.29) is 49.0 Å². The number of methoxy groups -OCH3 is 1. The summed E-state index contributed by atoms with van der Waals surface area (Å²) in [4.78, 5) is 37.1. The average molecular weight is 680 g/mol. The fraction of sp³-hybridized carbons (Fsp3) is 0.552.